The molecule has 2 heterocycles. The molecule has 0 saturated carbocycles. The molecule has 0 aromatic heterocycles. The van der Waals surface area contributed by atoms with Gasteiger partial charge in [-0.05, 0) is 25.1 Å². The molecule has 2 aliphatic heterocycles. The van der Waals surface area contributed by atoms with Crippen LogP contribution in [0.1, 0.15) is 24.9 Å². The van der Waals surface area contributed by atoms with Gasteiger partial charge in [0, 0.05) is 23.7 Å². The second-order valence-corrected chi connectivity index (χ2v) is 6.16. The first kappa shape index (κ1) is 18.6. The summed E-state index contributed by atoms with van der Waals surface area (Å²) >= 11 is 0. The maximum Gasteiger partial charge on any atom is 0.193 e. The molecule has 2 aromatic carbocycles. The molecule has 7 heteroatoms. The van der Waals surface area contributed by atoms with Crippen molar-refractivity contribution in [1.82, 2.24) is 0 Å². The third kappa shape index (κ3) is 3.82. The Morgan fingerprint density at radius 2 is 1.85 bits per heavy atom. The molecule has 0 saturated heterocycles. The van der Waals surface area contributed by atoms with E-state index in [1.165, 1.54) is 0 Å². The number of fused-ring (bicyclic) bond motifs is 2. The SMILES string of the molecule is CC1Oc2ccccc2C1N=C(N)Nc1ccc2c(c1)OCCCO2.I. The number of benzene rings is 2. The molecular formula is C19H22IN3O3. The predicted octanol–water partition coefficient (Wildman–Crippen LogP) is 3.71. The smallest absolute Gasteiger partial charge is 0.193 e. The highest BCUT2D eigenvalue weighted by molar-refractivity contribution is 14.0. The summed E-state index contributed by atoms with van der Waals surface area (Å²) in [6.07, 6.45) is 0.821. The number of nitrogens with two attached hydrogens (primary N) is 1. The van der Waals surface area contributed by atoms with Crippen molar-refractivity contribution in [2.45, 2.75) is 25.5 Å². The molecule has 2 aromatic rings. The lowest BCUT2D eigenvalue weighted by molar-refractivity contribution is 0.229. The van der Waals surface area contributed by atoms with Gasteiger partial charge in [0.2, 0.25) is 0 Å². The van der Waals surface area contributed by atoms with Crippen molar-refractivity contribution in [3.05, 3.63) is 48.0 Å². The van der Waals surface area contributed by atoms with Gasteiger partial charge in [0.15, 0.2) is 17.5 Å². The molecule has 2 atom stereocenters. The third-order valence-electron chi connectivity index (χ3n) is 4.29. The number of guanidine groups is 1. The first-order chi connectivity index (χ1) is 12.2. The molecule has 3 N–H and O–H groups in total. The van der Waals surface area contributed by atoms with E-state index < -0.39 is 0 Å². The number of aliphatic imine (C=N–C) groups is 1. The van der Waals surface area contributed by atoms with E-state index in [9.17, 15) is 0 Å². The van der Waals surface area contributed by atoms with Gasteiger partial charge in [0.25, 0.3) is 0 Å². The van der Waals surface area contributed by atoms with Crippen LogP contribution in [0.25, 0.3) is 0 Å². The molecule has 0 aliphatic carbocycles. The predicted molar refractivity (Wildman–Crippen MR) is 112 cm³/mol. The summed E-state index contributed by atoms with van der Waals surface area (Å²) in [5, 5.41) is 3.13. The normalized spacial score (nSPS) is 21.0. The summed E-state index contributed by atoms with van der Waals surface area (Å²) in [4.78, 5) is 4.61. The lowest BCUT2D eigenvalue weighted by Crippen LogP contribution is -2.25. The maximum absolute atomic E-state index is 6.12. The fourth-order valence-electron chi connectivity index (χ4n) is 3.10. The Morgan fingerprint density at radius 1 is 1.08 bits per heavy atom. The number of rotatable bonds is 2. The van der Waals surface area contributed by atoms with Crippen LogP contribution in [0.5, 0.6) is 17.2 Å². The van der Waals surface area contributed by atoms with Crippen LogP contribution in [0.4, 0.5) is 5.69 Å². The summed E-state index contributed by atoms with van der Waals surface area (Å²) in [7, 11) is 0. The summed E-state index contributed by atoms with van der Waals surface area (Å²) in [5.41, 5.74) is 7.99. The fourth-order valence-corrected chi connectivity index (χ4v) is 3.10. The molecule has 6 nitrogen and oxygen atoms in total. The standard InChI is InChI=1S/C19H21N3O3.HI/c1-12-18(14-5-2-3-6-15(14)25-12)22-19(20)21-13-7-8-16-17(11-13)24-10-4-9-23-16;/h2-3,5-8,11-12,18H,4,9-10H2,1H3,(H3,20,21,22);1H. The van der Waals surface area contributed by atoms with E-state index in [1.807, 2.05) is 49.4 Å². The molecule has 0 spiro atoms. The topological polar surface area (TPSA) is 78.1 Å². The second kappa shape index (κ2) is 8.03. The highest BCUT2D eigenvalue weighted by atomic mass is 127. The number of hydrogen-bond donors (Lipinski definition) is 2. The van der Waals surface area contributed by atoms with Crippen molar-refractivity contribution in [3.8, 4) is 17.2 Å². The van der Waals surface area contributed by atoms with Crippen molar-refractivity contribution >= 4 is 35.6 Å². The molecule has 2 unspecified atom stereocenters. The number of nitrogens with zero attached hydrogens (tertiary/aromatic N) is 1. The minimum atomic E-state index is -0.121. The number of nitrogens with one attached hydrogen (secondary N) is 1. The summed E-state index contributed by atoms with van der Waals surface area (Å²) < 4.78 is 17.2. The molecule has 0 radical (unpaired) electrons. The van der Waals surface area contributed by atoms with Gasteiger partial charge in [-0.15, -0.1) is 24.0 Å². The van der Waals surface area contributed by atoms with Crippen LogP contribution in [-0.4, -0.2) is 25.3 Å². The third-order valence-corrected chi connectivity index (χ3v) is 4.29. The fraction of sp³-hybridized carbons (Fsp3) is 0.316. The van der Waals surface area contributed by atoms with Crippen molar-refractivity contribution in [3.63, 3.8) is 0 Å². The van der Waals surface area contributed by atoms with E-state index >= 15 is 0 Å². The number of ether oxygens (including phenoxy) is 3. The number of hydrogen-bond acceptors (Lipinski definition) is 4. The van der Waals surface area contributed by atoms with E-state index in [2.05, 4.69) is 10.3 Å². The van der Waals surface area contributed by atoms with E-state index in [0.717, 1.165) is 34.9 Å². The minimum Gasteiger partial charge on any atom is -0.490 e. The second-order valence-electron chi connectivity index (χ2n) is 6.16. The molecule has 4 rings (SSSR count). The van der Waals surface area contributed by atoms with Crippen molar-refractivity contribution in [2.75, 3.05) is 18.5 Å². The zero-order valence-corrected chi connectivity index (χ0v) is 16.8. The van der Waals surface area contributed by atoms with Crippen molar-refractivity contribution in [2.24, 2.45) is 10.7 Å². The zero-order chi connectivity index (χ0) is 17.2. The Morgan fingerprint density at radius 3 is 2.69 bits per heavy atom. The monoisotopic (exact) mass is 467 g/mol. The highest BCUT2D eigenvalue weighted by Crippen LogP contribution is 2.38. The van der Waals surface area contributed by atoms with Crippen LogP contribution >= 0.6 is 24.0 Å². The van der Waals surface area contributed by atoms with Crippen molar-refractivity contribution < 1.29 is 14.2 Å². The average Bonchev–Trinajstić information content (AvgIpc) is 2.78. The Hall–Kier alpha value is -2.16. The van der Waals surface area contributed by atoms with Crippen LogP contribution < -0.4 is 25.3 Å². The minimum absolute atomic E-state index is 0. The Labute approximate surface area is 169 Å². The van der Waals surface area contributed by atoms with Gasteiger partial charge < -0.3 is 25.3 Å². The van der Waals surface area contributed by atoms with Gasteiger partial charge in [0.05, 0.1) is 13.2 Å². The molecule has 26 heavy (non-hydrogen) atoms. The van der Waals surface area contributed by atoms with Crippen LogP contribution in [0.3, 0.4) is 0 Å². The van der Waals surface area contributed by atoms with E-state index in [0.29, 0.717) is 19.2 Å². The number of para-hydroxylation sites is 1. The summed E-state index contributed by atoms with van der Waals surface area (Å²) in [6, 6.07) is 13.5. The zero-order valence-electron chi connectivity index (χ0n) is 14.5. The maximum atomic E-state index is 6.12. The van der Waals surface area contributed by atoms with Crippen LogP contribution in [0.15, 0.2) is 47.5 Å². The van der Waals surface area contributed by atoms with Gasteiger partial charge in [-0.2, -0.15) is 0 Å². The van der Waals surface area contributed by atoms with E-state index in [4.69, 9.17) is 19.9 Å². The quantitative estimate of drug-likeness (QED) is 0.400. The van der Waals surface area contributed by atoms with Gasteiger partial charge in [0.1, 0.15) is 17.9 Å². The molecule has 2 aliphatic rings. The lowest BCUT2D eigenvalue weighted by Gasteiger charge is -2.14. The Bertz CT molecular complexity index is 812. The van der Waals surface area contributed by atoms with E-state index in [1.54, 1.807) is 0 Å². The summed E-state index contributed by atoms with van der Waals surface area (Å²) in [5.74, 6) is 2.68. The van der Waals surface area contributed by atoms with Gasteiger partial charge in [-0.1, -0.05) is 18.2 Å². The first-order valence-electron chi connectivity index (χ1n) is 8.46. The van der Waals surface area contributed by atoms with Gasteiger partial charge in [-0.25, -0.2) is 4.99 Å². The average molecular weight is 467 g/mol. The van der Waals surface area contributed by atoms with Crippen LogP contribution in [0, 0.1) is 0 Å². The van der Waals surface area contributed by atoms with E-state index in [-0.39, 0.29) is 36.1 Å². The van der Waals surface area contributed by atoms with Crippen LogP contribution in [0.2, 0.25) is 0 Å². The Kier molecular flexibility index (Phi) is 5.75. The highest BCUT2D eigenvalue weighted by Gasteiger charge is 2.30. The first-order valence-corrected chi connectivity index (χ1v) is 8.46. The largest absolute Gasteiger partial charge is 0.490 e. The Balaban J connectivity index is 0.00000196. The van der Waals surface area contributed by atoms with Gasteiger partial charge >= 0.3 is 0 Å². The molecular weight excluding hydrogens is 445 g/mol. The molecule has 0 bridgehead atoms. The number of anilines is 1. The van der Waals surface area contributed by atoms with Crippen molar-refractivity contribution in [1.29, 1.82) is 0 Å². The lowest BCUT2D eigenvalue weighted by atomic mass is 10.1. The summed E-state index contributed by atoms with van der Waals surface area (Å²) in [6.45, 7) is 3.31. The van der Waals surface area contributed by atoms with Crippen LogP contribution in [-0.2, 0) is 0 Å². The molecule has 0 fully saturated rings. The molecule has 138 valence electrons. The number of halogens is 1. The van der Waals surface area contributed by atoms with Gasteiger partial charge in [-0.3, -0.25) is 0 Å². The molecule has 0 amide bonds.